The molecule has 1 amide bonds. The summed E-state index contributed by atoms with van der Waals surface area (Å²) >= 11 is 12.0. The lowest BCUT2D eigenvalue weighted by atomic mass is 10.1. The van der Waals surface area contributed by atoms with Gasteiger partial charge in [-0.2, -0.15) is 0 Å². The van der Waals surface area contributed by atoms with E-state index in [1.165, 1.54) is 0 Å². The molecule has 0 aliphatic heterocycles. The number of amides is 1. The molecule has 0 saturated heterocycles. The van der Waals surface area contributed by atoms with E-state index in [0.717, 1.165) is 0 Å². The molecule has 1 aromatic heterocycles. The van der Waals surface area contributed by atoms with Crippen LogP contribution in [0.5, 0.6) is 0 Å². The number of hydrogen-bond donors (Lipinski definition) is 1. The highest BCUT2D eigenvalue weighted by Gasteiger charge is 2.26. The number of benzene rings is 1. The van der Waals surface area contributed by atoms with Crippen LogP contribution in [0.1, 0.15) is 46.0 Å². The molecule has 0 saturated carbocycles. The molecule has 1 heterocycles. The Morgan fingerprint density at radius 2 is 1.88 bits per heavy atom. The van der Waals surface area contributed by atoms with E-state index >= 15 is 0 Å². The summed E-state index contributed by atoms with van der Waals surface area (Å²) in [6.45, 7) is 8.02. The first-order valence-corrected chi connectivity index (χ1v) is 8.70. The van der Waals surface area contributed by atoms with Gasteiger partial charge in [0.15, 0.2) is 0 Å². The summed E-state index contributed by atoms with van der Waals surface area (Å²) < 4.78 is 6.91. The lowest BCUT2D eigenvalue weighted by Gasteiger charge is -2.09. The molecule has 1 aromatic carbocycles. The number of nitrogens with zero attached hydrogens (tertiary/aromatic N) is 1. The number of carbonyl (C=O) groups excluding carboxylic acids is 2. The molecule has 0 aliphatic rings. The zero-order chi connectivity index (χ0) is 18.7. The van der Waals surface area contributed by atoms with Crippen LogP contribution in [-0.4, -0.2) is 23.1 Å². The average Bonchev–Trinajstić information content (AvgIpc) is 2.80. The van der Waals surface area contributed by atoms with Gasteiger partial charge in [0.1, 0.15) is 5.69 Å². The van der Waals surface area contributed by atoms with Gasteiger partial charge in [0, 0.05) is 17.3 Å². The molecule has 5 nitrogen and oxygen atoms in total. The van der Waals surface area contributed by atoms with Crippen LogP contribution in [0.3, 0.4) is 0 Å². The van der Waals surface area contributed by atoms with E-state index in [1.54, 1.807) is 43.5 Å². The van der Waals surface area contributed by atoms with Crippen LogP contribution in [0.4, 0.5) is 5.69 Å². The maximum Gasteiger partial charge on any atom is 0.355 e. The van der Waals surface area contributed by atoms with E-state index in [-0.39, 0.29) is 12.5 Å². The molecule has 0 aliphatic carbocycles. The van der Waals surface area contributed by atoms with E-state index in [9.17, 15) is 9.59 Å². The van der Waals surface area contributed by atoms with Crippen molar-refractivity contribution in [1.29, 1.82) is 0 Å². The standard InChI is InChI=1S/C18H20Cl2N2O3/c1-5-22-11(4)15(10(3)16(22)18(24)25-6-2)17(23)21-14-8-7-12(19)9-13(14)20/h7-9H,5-6H2,1-4H3,(H,21,23). The van der Waals surface area contributed by atoms with Gasteiger partial charge in [-0.3, -0.25) is 4.79 Å². The van der Waals surface area contributed by atoms with Gasteiger partial charge in [-0.15, -0.1) is 0 Å². The van der Waals surface area contributed by atoms with Crippen LogP contribution in [0, 0.1) is 13.8 Å². The molecule has 0 unspecified atom stereocenters. The maximum absolute atomic E-state index is 12.8. The lowest BCUT2D eigenvalue weighted by molar-refractivity contribution is 0.0512. The predicted octanol–water partition coefficient (Wildman–Crippen LogP) is 4.86. The second-order valence-corrected chi connectivity index (χ2v) is 6.32. The fourth-order valence-electron chi connectivity index (χ4n) is 2.86. The molecule has 25 heavy (non-hydrogen) atoms. The molecule has 0 fully saturated rings. The SMILES string of the molecule is CCOC(=O)c1c(C)c(C(=O)Nc2ccc(Cl)cc2Cl)c(C)n1CC. The zero-order valence-corrected chi connectivity index (χ0v) is 16.1. The van der Waals surface area contributed by atoms with Crippen molar-refractivity contribution in [1.82, 2.24) is 4.57 Å². The minimum atomic E-state index is -0.437. The lowest BCUT2D eigenvalue weighted by Crippen LogP contribution is -2.14. The van der Waals surface area contributed by atoms with Gasteiger partial charge in [0.25, 0.3) is 5.91 Å². The molecule has 0 spiro atoms. The molecule has 134 valence electrons. The average molecular weight is 383 g/mol. The number of rotatable bonds is 5. The Hall–Kier alpha value is -1.98. The Morgan fingerprint density at radius 1 is 1.20 bits per heavy atom. The smallest absolute Gasteiger partial charge is 0.355 e. The van der Waals surface area contributed by atoms with E-state index < -0.39 is 5.97 Å². The normalized spacial score (nSPS) is 10.6. The second kappa shape index (κ2) is 7.93. The van der Waals surface area contributed by atoms with Crippen molar-refractivity contribution in [2.45, 2.75) is 34.2 Å². The van der Waals surface area contributed by atoms with Gasteiger partial charge in [0.05, 0.1) is 22.9 Å². The fraction of sp³-hybridized carbons (Fsp3) is 0.333. The number of halogens is 2. The van der Waals surface area contributed by atoms with Gasteiger partial charge in [-0.1, -0.05) is 23.2 Å². The van der Waals surface area contributed by atoms with Crippen molar-refractivity contribution in [2.75, 3.05) is 11.9 Å². The van der Waals surface area contributed by atoms with Crippen LogP contribution < -0.4 is 5.32 Å². The highest BCUT2D eigenvalue weighted by atomic mass is 35.5. The van der Waals surface area contributed by atoms with Gasteiger partial charge in [0.2, 0.25) is 0 Å². The maximum atomic E-state index is 12.8. The first-order valence-electron chi connectivity index (χ1n) is 7.94. The first-order chi connectivity index (χ1) is 11.8. The molecule has 1 N–H and O–H groups in total. The third kappa shape index (κ3) is 3.83. The topological polar surface area (TPSA) is 60.3 Å². The van der Waals surface area contributed by atoms with E-state index in [1.807, 2.05) is 6.92 Å². The Morgan fingerprint density at radius 3 is 2.44 bits per heavy atom. The Kier molecular flexibility index (Phi) is 6.14. The van der Waals surface area contributed by atoms with Crippen LogP contribution in [0.25, 0.3) is 0 Å². The number of hydrogen-bond acceptors (Lipinski definition) is 3. The number of carbonyl (C=O) groups is 2. The Bertz CT molecular complexity index is 828. The first kappa shape index (κ1) is 19.3. The predicted molar refractivity (Wildman–Crippen MR) is 100.0 cm³/mol. The van der Waals surface area contributed by atoms with Crippen molar-refractivity contribution in [2.24, 2.45) is 0 Å². The molecule has 7 heteroatoms. The molecular weight excluding hydrogens is 363 g/mol. The van der Waals surface area contributed by atoms with Crippen molar-refractivity contribution < 1.29 is 14.3 Å². The van der Waals surface area contributed by atoms with Crippen molar-refractivity contribution in [3.05, 3.63) is 50.8 Å². The van der Waals surface area contributed by atoms with E-state index in [2.05, 4.69) is 5.32 Å². The number of esters is 1. The number of nitrogens with one attached hydrogen (secondary N) is 1. The van der Waals surface area contributed by atoms with Crippen LogP contribution in [0.2, 0.25) is 10.0 Å². The Balaban J connectivity index is 2.44. The van der Waals surface area contributed by atoms with E-state index in [4.69, 9.17) is 27.9 Å². The van der Waals surface area contributed by atoms with Crippen molar-refractivity contribution in [3.8, 4) is 0 Å². The third-order valence-corrected chi connectivity index (χ3v) is 4.51. The number of ether oxygens (including phenoxy) is 1. The number of aromatic nitrogens is 1. The number of anilines is 1. The van der Waals surface area contributed by atoms with Crippen molar-refractivity contribution >= 4 is 40.8 Å². The summed E-state index contributed by atoms with van der Waals surface area (Å²) in [4.78, 5) is 25.1. The van der Waals surface area contributed by atoms with Gasteiger partial charge < -0.3 is 14.6 Å². The summed E-state index contributed by atoms with van der Waals surface area (Å²) in [5.41, 5.74) is 2.58. The summed E-state index contributed by atoms with van der Waals surface area (Å²) in [6, 6.07) is 4.83. The molecule has 2 rings (SSSR count). The van der Waals surface area contributed by atoms with Crippen LogP contribution in [0.15, 0.2) is 18.2 Å². The largest absolute Gasteiger partial charge is 0.461 e. The van der Waals surface area contributed by atoms with Crippen LogP contribution >= 0.6 is 23.2 Å². The fourth-order valence-corrected chi connectivity index (χ4v) is 3.32. The summed E-state index contributed by atoms with van der Waals surface area (Å²) in [6.07, 6.45) is 0. The molecule has 0 radical (unpaired) electrons. The van der Waals surface area contributed by atoms with Crippen molar-refractivity contribution in [3.63, 3.8) is 0 Å². The highest BCUT2D eigenvalue weighted by molar-refractivity contribution is 6.36. The van der Waals surface area contributed by atoms with Gasteiger partial charge >= 0.3 is 5.97 Å². The van der Waals surface area contributed by atoms with Crippen LogP contribution in [-0.2, 0) is 11.3 Å². The highest BCUT2D eigenvalue weighted by Crippen LogP contribution is 2.28. The van der Waals surface area contributed by atoms with Gasteiger partial charge in [-0.25, -0.2) is 4.79 Å². The minimum Gasteiger partial charge on any atom is -0.461 e. The van der Waals surface area contributed by atoms with Gasteiger partial charge in [-0.05, 0) is 51.5 Å². The zero-order valence-electron chi connectivity index (χ0n) is 14.6. The molecular formula is C18H20Cl2N2O3. The molecule has 2 aromatic rings. The van der Waals surface area contributed by atoms with E-state index in [0.29, 0.717) is 44.8 Å². The minimum absolute atomic E-state index is 0.272. The monoisotopic (exact) mass is 382 g/mol. The molecule has 0 bridgehead atoms. The summed E-state index contributed by atoms with van der Waals surface area (Å²) in [7, 11) is 0. The Labute approximate surface area is 156 Å². The quantitative estimate of drug-likeness (QED) is 0.750. The summed E-state index contributed by atoms with van der Waals surface area (Å²) in [5, 5.41) is 3.60. The third-order valence-electron chi connectivity index (χ3n) is 3.96. The molecule has 0 atom stereocenters. The second-order valence-electron chi connectivity index (χ2n) is 5.48. The summed E-state index contributed by atoms with van der Waals surface area (Å²) in [5.74, 6) is -0.773.